The lowest BCUT2D eigenvalue weighted by atomic mass is 10.1. The van der Waals surface area contributed by atoms with Crippen LogP contribution in [0.25, 0.3) is 0 Å². The fourth-order valence-electron chi connectivity index (χ4n) is 2.15. The van der Waals surface area contributed by atoms with Crippen molar-refractivity contribution < 1.29 is 13.9 Å². The molecule has 0 aromatic heterocycles. The molecule has 1 atom stereocenters. The molecule has 0 radical (unpaired) electrons. The molecule has 1 fully saturated rings. The molecule has 2 rings (SSSR count). The molecule has 0 N–H and O–H groups in total. The van der Waals surface area contributed by atoms with Crippen molar-refractivity contribution in [1.29, 1.82) is 0 Å². The molecule has 104 valence electrons. The molecule has 1 heterocycles. The standard InChI is InChI=1S/C14H18FNO2S/c1-2-18-14(17)16-8-7-13(19-10-9-16)11-5-3-4-6-12(11)15/h3-6,13H,2,7-10H2,1H3/t13-/m1/s1. The minimum Gasteiger partial charge on any atom is -0.450 e. The zero-order valence-electron chi connectivity index (χ0n) is 11.0. The zero-order chi connectivity index (χ0) is 13.7. The highest BCUT2D eigenvalue weighted by atomic mass is 32.2. The van der Waals surface area contributed by atoms with Gasteiger partial charge in [0.05, 0.1) is 6.61 Å². The van der Waals surface area contributed by atoms with Gasteiger partial charge in [0.15, 0.2) is 0 Å². The lowest BCUT2D eigenvalue weighted by Gasteiger charge is -2.19. The Hall–Kier alpha value is -1.23. The summed E-state index contributed by atoms with van der Waals surface area (Å²) in [5.41, 5.74) is 0.734. The van der Waals surface area contributed by atoms with Crippen LogP contribution in [0.2, 0.25) is 0 Å². The van der Waals surface area contributed by atoms with Gasteiger partial charge in [-0.05, 0) is 19.4 Å². The summed E-state index contributed by atoms with van der Waals surface area (Å²) in [6.45, 7) is 3.46. The molecule has 5 heteroatoms. The van der Waals surface area contributed by atoms with Gasteiger partial charge in [0.2, 0.25) is 0 Å². The Bertz CT molecular complexity index is 441. The first kappa shape index (κ1) is 14.2. The third-order valence-electron chi connectivity index (χ3n) is 3.12. The molecule has 1 saturated heterocycles. The predicted octanol–water partition coefficient (Wildman–Crippen LogP) is 3.46. The maximum absolute atomic E-state index is 13.8. The van der Waals surface area contributed by atoms with E-state index in [0.29, 0.717) is 19.7 Å². The van der Waals surface area contributed by atoms with Crippen molar-refractivity contribution in [3.63, 3.8) is 0 Å². The number of hydrogen-bond donors (Lipinski definition) is 0. The number of carbonyl (C=O) groups is 1. The number of benzene rings is 1. The molecule has 0 aliphatic carbocycles. The molecule has 1 amide bonds. The van der Waals surface area contributed by atoms with E-state index in [2.05, 4.69) is 0 Å². The van der Waals surface area contributed by atoms with E-state index in [4.69, 9.17) is 4.74 Å². The second-order valence-corrected chi connectivity index (χ2v) is 5.67. The Morgan fingerprint density at radius 2 is 2.26 bits per heavy atom. The highest BCUT2D eigenvalue weighted by Gasteiger charge is 2.24. The molecular weight excluding hydrogens is 265 g/mol. The lowest BCUT2D eigenvalue weighted by molar-refractivity contribution is 0.109. The molecule has 1 aromatic rings. The molecule has 0 bridgehead atoms. The van der Waals surface area contributed by atoms with Gasteiger partial charge in [0.1, 0.15) is 5.82 Å². The number of nitrogens with zero attached hydrogens (tertiary/aromatic N) is 1. The van der Waals surface area contributed by atoms with Gasteiger partial charge < -0.3 is 9.64 Å². The highest BCUT2D eigenvalue weighted by molar-refractivity contribution is 7.99. The lowest BCUT2D eigenvalue weighted by Crippen LogP contribution is -2.33. The van der Waals surface area contributed by atoms with Crippen LogP contribution < -0.4 is 0 Å². The van der Waals surface area contributed by atoms with Crippen LogP contribution in [0, 0.1) is 5.82 Å². The molecule has 0 spiro atoms. The van der Waals surface area contributed by atoms with E-state index in [1.807, 2.05) is 12.1 Å². The van der Waals surface area contributed by atoms with E-state index in [1.54, 1.807) is 29.7 Å². The normalized spacial score (nSPS) is 19.9. The van der Waals surface area contributed by atoms with Crippen molar-refractivity contribution in [2.45, 2.75) is 18.6 Å². The summed E-state index contributed by atoms with van der Waals surface area (Å²) in [4.78, 5) is 13.4. The van der Waals surface area contributed by atoms with Crippen LogP contribution in [-0.4, -0.2) is 36.4 Å². The number of halogens is 1. The first-order valence-corrected chi connectivity index (χ1v) is 7.55. The van der Waals surface area contributed by atoms with Gasteiger partial charge in [-0.1, -0.05) is 18.2 Å². The Morgan fingerprint density at radius 1 is 1.47 bits per heavy atom. The van der Waals surface area contributed by atoms with Gasteiger partial charge in [-0.25, -0.2) is 9.18 Å². The molecule has 1 aromatic carbocycles. The van der Waals surface area contributed by atoms with Crippen LogP contribution in [0.1, 0.15) is 24.2 Å². The Labute approximate surface area is 117 Å². The van der Waals surface area contributed by atoms with Gasteiger partial charge in [-0.3, -0.25) is 0 Å². The SMILES string of the molecule is CCOC(=O)N1CCS[C@@H](c2ccccc2F)CC1. The van der Waals surface area contributed by atoms with Crippen molar-refractivity contribution in [2.24, 2.45) is 0 Å². The predicted molar refractivity (Wildman–Crippen MR) is 74.8 cm³/mol. The minimum absolute atomic E-state index is 0.112. The number of ether oxygens (including phenoxy) is 1. The highest BCUT2D eigenvalue weighted by Crippen LogP contribution is 2.35. The average molecular weight is 283 g/mol. The van der Waals surface area contributed by atoms with Crippen LogP contribution in [0.3, 0.4) is 0 Å². The van der Waals surface area contributed by atoms with Crippen molar-refractivity contribution in [3.8, 4) is 0 Å². The van der Waals surface area contributed by atoms with Crippen molar-refractivity contribution in [3.05, 3.63) is 35.6 Å². The Balaban J connectivity index is 2.01. The second kappa shape index (κ2) is 6.80. The number of rotatable bonds is 2. The van der Waals surface area contributed by atoms with E-state index in [9.17, 15) is 9.18 Å². The first-order chi connectivity index (χ1) is 9.22. The molecule has 1 aliphatic rings. The van der Waals surface area contributed by atoms with Gasteiger partial charge >= 0.3 is 6.09 Å². The maximum Gasteiger partial charge on any atom is 0.409 e. The Kier molecular flexibility index (Phi) is 5.07. The number of thioether (sulfide) groups is 1. The summed E-state index contributed by atoms with van der Waals surface area (Å²) >= 11 is 1.70. The third kappa shape index (κ3) is 3.62. The van der Waals surface area contributed by atoms with Gasteiger partial charge in [-0.15, -0.1) is 0 Å². The number of carbonyl (C=O) groups excluding carboxylic acids is 1. The summed E-state index contributed by atoms with van der Waals surface area (Å²) in [6, 6.07) is 6.87. The summed E-state index contributed by atoms with van der Waals surface area (Å²) in [7, 11) is 0. The fraction of sp³-hybridized carbons (Fsp3) is 0.500. The van der Waals surface area contributed by atoms with Crippen molar-refractivity contribution in [2.75, 3.05) is 25.4 Å². The first-order valence-electron chi connectivity index (χ1n) is 6.50. The third-order valence-corrected chi connectivity index (χ3v) is 4.43. The largest absolute Gasteiger partial charge is 0.450 e. The quantitative estimate of drug-likeness (QED) is 0.832. The van der Waals surface area contributed by atoms with Crippen LogP contribution in [-0.2, 0) is 4.74 Å². The minimum atomic E-state index is -0.266. The van der Waals surface area contributed by atoms with E-state index < -0.39 is 0 Å². The smallest absolute Gasteiger partial charge is 0.409 e. The van der Waals surface area contributed by atoms with Crippen molar-refractivity contribution >= 4 is 17.9 Å². The fourth-order valence-corrected chi connectivity index (χ4v) is 3.41. The van der Waals surface area contributed by atoms with E-state index in [-0.39, 0.29) is 17.2 Å². The maximum atomic E-state index is 13.8. The van der Waals surface area contributed by atoms with Crippen LogP contribution in [0.15, 0.2) is 24.3 Å². The number of amides is 1. The van der Waals surface area contributed by atoms with Crippen LogP contribution in [0.4, 0.5) is 9.18 Å². The summed E-state index contributed by atoms with van der Waals surface area (Å²) in [6.07, 6.45) is 0.488. The summed E-state index contributed by atoms with van der Waals surface area (Å²) in [5.74, 6) is 0.641. The van der Waals surface area contributed by atoms with E-state index in [0.717, 1.165) is 17.7 Å². The van der Waals surface area contributed by atoms with Gasteiger partial charge in [0, 0.05) is 29.7 Å². The molecule has 0 saturated carbocycles. The molecule has 19 heavy (non-hydrogen) atoms. The molecule has 3 nitrogen and oxygen atoms in total. The molecule has 1 aliphatic heterocycles. The molecule has 0 unspecified atom stereocenters. The summed E-state index contributed by atoms with van der Waals surface area (Å²) in [5, 5.41) is 0.112. The zero-order valence-corrected chi connectivity index (χ0v) is 11.8. The summed E-state index contributed by atoms with van der Waals surface area (Å²) < 4.78 is 18.8. The monoisotopic (exact) mass is 283 g/mol. The van der Waals surface area contributed by atoms with Gasteiger partial charge in [-0.2, -0.15) is 11.8 Å². The average Bonchev–Trinajstić information content (AvgIpc) is 2.65. The van der Waals surface area contributed by atoms with Crippen LogP contribution in [0.5, 0.6) is 0 Å². The van der Waals surface area contributed by atoms with E-state index >= 15 is 0 Å². The van der Waals surface area contributed by atoms with Crippen molar-refractivity contribution in [1.82, 2.24) is 4.90 Å². The van der Waals surface area contributed by atoms with Gasteiger partial charge in [0.25, 0.3) is 0 Å². The van der Waals surface area contributed by atoms with E-state index in [1.165, 1.54) is 6.07 Å². The molecular formula is C14H18FNO2S. The van der Waals surface area contributed by atoms with Crippen LogP contribution >= 0.6 is 11.8 Å². The Morgan fingerprint density at radius 3 is 3.00 bits per heavy atom. The number of hydrogen-bond acceptors (Lipinski definition) is 3. The topological polar surface area (TPSA) is 29.5 Å². The second-order valence-electron chi connectivity index (χ2n) is 4.36.